The molecular weight excluding hydrogens is 222 g/mol. The first kappa shape index (κ1) is 11.6. The maximum Gasteiger partial charge on any atom is 0.0890 e. The van der Waals surface area contributed by atoms with E-state index in [1.54, 1.807) is 0 Å². The van der Waals surface area contributed by atoms with Gasteiger partial charge in [0.25, 0.3) is 0 Å². The molecule has 1 aromatic carbocycles. The van der Waals surface area contributed by atoms with Crippen LogP contribution in [0.3, 0.4) is 0 Å². The van der Waals surface area contributed by atoms with E-state index >= 15 is 0 Å². The summed E-state index contributed by atoms with van der Waals surface area (Å²) in [5.41, 5.74) is 3.08. The van der Waals surface area contributed by atoms with Crippen molar-refractivity contribution in [2.75, 3.05) is 6.54 Å². The van der Waals surface area contributed by atoms with Gasteiger partial charge in [0.2, 0.25) is 0 Å². The highest BCUT2D eigenvalue weighted by Gasteiger charge is 2.30. The Morgan fingerprint density at radius 2 is 2.06 bits per heavy atom. The highest BCUT2D eigenvalue weighted by Crippen LogP contribution is 2.33. The molecule has 1 aromatic heterocycles. The van der Waals surface area contributed by atoms with Crippen LogP contribution in [0, 0.1) is 5.92 Å². The number of hydrogen-bond donors (Lipinski definition) is 1. The maximum absolute atomic E-state index is 4.70. The van der Waals surface area contributed by atoms with Gasteiger partial charge in [-0.15, -0.1) is 0 Å². The van der Waals surface area contributed by atoms with Crippen molar-refractivity contribution in [3.05, 3.63) is 36.2 Å². The summed E-state index contributed by atoms with van der Waals surface area (Å²) in [6.45, 7) is 3.20. The number of rotatable bonds is 5. The van der Waals surface area contributed by atoms with E-state index in [1.807, 2.05) is 30.5 Å². The van der Waals surface area contributed by atoms with Crippen molar-refractivity contribution >= 4 is 11.0 Å². The number of para-hydroxylation sites is 2. The third-order valence-electron chi connectivity index (χ3n) is 3.58. The fourth-order valence-corrected chi connectivity index (χ4v) is 2.49. The van der Waals surface area contributed by atoms with Crippen molar-refractivity contribution in [1.82, 2.24) is 15.3 Å². The van der Waals surface area contributed by atoms with Crippen molar-refractivity contribution in [2.24, 2.45) is 5.92 Å². The van der Waals surface area contributed by atoms with Gasteiger partial charge >= 0.3 is 0 Å². The zero-order valence-electron chi connectivity index (χ0n) is 10.8. The first-order valence-corrected chi connectivity index (χ1v) is 6.81. The molecule has 0 amide bonds. The summed E-state index contributed by atoms with van der Waals surface area (Å²) in [4.78, 5) is 9.19. The maximum atomic E-state index is 4.70. The number of benzene rings is 1. The molecule has 1 fully saturated rings. The quantitative estimate of drug-likeness (QED) is 0.874. The zero-order chi connectivity index (χ0) is 12.4. The summed E-state index contributed by atoms with van der Waals surface area (Å²) >= 11 is 0. The molecule has 0 saturated heterocycles. The minimum absolute atomic E-state index is 0.575. The first-order chi connectivity index (χ1) is 8.86. The zero-order valence-corrected chi connectivity index (χ0v) is 10.8. The number of hydrogen-bond acceptors (Lipinski definition) is 3. The molecule has 94 valence electrons. The van der Waals surface area contributed by atoms with Crippen molar-refractivity contribution < 1.29 is 0 Å². The van der Waals surface area contributed by atoms with E-state index in [0.29, 0.717) is 6.04 Å². The average Bonchev–Trinajstić information content (AvgIpc) is 3.22. The molecular formula is C15H19N3. The Kier molecular flexibility index (Phi) is 3.24. The van der Waals surface area contributed by atoms with E-state index in [1.165, 1.54) is 12.8 Å². The summed E-state index contributed by atoms with van der Waals surface area (Å²) in [7, 11) is 0. The molecule has 1 aliphatic carbocycles. The van der Waals surface area contributed by atoms with E-state index in [0.717, 1.165) is 35.6 Å². The lowest BCUT2D eigenvalue weighted by Crippen LogP contribution is -2.33. The van der Waals surface area contributed by atoms with Crippen LogP contribution < -0.4 is 5.32 Å². The fourth-order valence-electron chi connectivity index (χ4n) is 2.49. The third kappa shape index (κ3) is 2.51. The van der Waals surface area contributed by atoms with Gasteiger partial charge < -0.3 is 5.32 Å². The van der Waals surface area contributed by atoms with Gasteiger partial charge in [0.15, 0.2) is 0 Å². The predicted molar refractivity (Wildman–Crippen MR) is 73.4 cm³/mol. The molecule has 0 aliphatic heterocycles. The normalized spacial score (nSPS) is 16.9. The van der Waals surface area contributed by atoms with Gasteiger partial charge in [0.05, 0.1) is 16.7 Å². The summed E-state index contributed by atoms with van der Waals surface area (Å²) in [6.07, 6.45) is 5.64. The second-order valence-electron chi connectivity index (χ2n) is 5.06. The summed E-state index contributed by atoms with van der Waals surface area (Å²) < 4.78 is 0. The van der Waals surface area contributed by atoms with Crippen LogP contribution in [0.2, 0.25) is 0 Å². The van der Waals surface area contributed by atoms with Crippen molar-refractivity contribution in [2.45, 2.75) is 32.2 Å². The minimum Gasteiger partial charge on any atom is -0.314 e. The van der Waals surface area contributed by atoms with E-state index in [2.05, 4.69) is 17.2 Å². The molecule has 18 heavy (non-hydrogen) atoms. The van der Waals surface area contributed by atoms with Gasteiger partial charge in [-0.3, -0.25) is 4.98 Å². The van der Waals surface area contributed by atoms with Crippen LogP contribution in [0.4, 0.5) is 0 Å². The fraction of sp³-hybridized carbons (Fsp3) is 0.467. The minimum atomic E-state index is 0.575. The average molecular weight is 241 g/mol. The van der Waals surface area contributed by atoms with Crippen LogP contribution in [0.25, 0.3) is 11.0 Å². The Hall–Kier alpha value is -1.48. The molecule has 3 rings (SSSR count). The van der Waals surface area contributed by atoms with E-state index in [-0.39, 0.29) is 0 Å². The Bertz CT molecular complexity index is 534. The van der Waals surface area contributed by atoms with Crippen LogP contribution in [0.5, 0.6) is 0 Å². The molecule has 1 atom stereocenters. The highest BCUT2D eigenvalue weighted by atomic mass is 14.9. The van der Waals surface area contributed by atoms with Crippen LogP contribution in [0.15, 0.2) is 30.5 Å². The lowest BCUT2D eigenvalue weighted by molar-refractivity contribution is 0.468. The van der Waals surface area contributed by atoms with Gasteiger partial charge in [-0.05, 0) is 37.4 Å². The van der Waals surface area contributed by atoms with E-state index < -0.39 is 0 Å². The number of nitrogens with one attached hydrogen (secondary N) is 1. The lowest BCUT2D eigenvalue weighted by Gasteiger charge is -2.16. The van der Waals surface area contributed by atoms with Crippen LogP contribution in [-0.2, 0) is 6.42 Å². The number of fused-ring (bicyclic) bond motifs is 1. The molecule has 0 spiro atoms. The topological polar surface area (TPSA) is 37.8 Å². The molecule has 2 aromatic rings. The van der Waals surface area contributed by atoms with Gasteiger partial charge in [-0.1, -0.05) is 19.1 Å². The molecule has 1 N–H and O–H groups in total. The smallest absolute Gasteiger partial charge is 0.0890 e. The monoisotopic (exact) mass is 241 g/mol. The molecule has 3 nitrogen and oxygen atoms in total. The number of likely N-dealkylation sites (N-methyl/N-ethyl adjacent to an activating group) is 1. The standard InChI is InChI=1S/C15H19N3/c1-2-16-15(11-7-8-11)9-12-10-17-13-5-3-4-6-14(13)18-12/h3-6,10-11,15-16H,2,7-9H2,1H3. The summed E-state index contributed by atoms with van der Waals surface area (Å²) in [5, 5.41) is 3.57. The Labute approximate surface area is 108 Å². The molecule has 1 unspecified atom stereocenters. The predicted octanol–water partition coefficient (Wildman–Crippen LogP) is 2.56. The Balaban J connectivity index is 1.80. The third-order valence-corrected chi connectivity index (χ3v) is 3.58. The molecule has 1 saturated carbocycles. The summed E-state index contributed by atoms with van der Waals surface area (Å²) in [5.74, 6) is 0.846. The van der Waals surface area contributed by atoms with Gasteiger partial charge in [-0.25, -0.2) is 4.98 Å². The second-order valence-corrected chi connectivity index (χ2v) is 5.06. The van der Waals surface area contributed by atoms with E-state index in [4.69, 9.17) is 4.98 Å². The van der Waals surface area contributed by atoms with Gasteiger partial charge in [0, 0.05) is 18.7 Å². The molecule has 3 heteroatoms. The van der Waals surface area contributed by atoms with Crippen LogP contribution in [0.1, 0.15) is 25.5 Å². The SMILES string of the molecule is CCNC(Cc1cnc2ccccc2n1)C1CC1. The van der Waals surface area contributed by atoms with Gasteiger partial charge in [-0.2, -0.15) is 0 Å². The van der Waals surface area contributed by atoms with Crippen molar-refractivity contribution in [1.29, 1.82) is 0 Å². The van der Waals surface area contributed by atoms with Crippen LogP contribution in [-0.4, -0.2) is 22.6 Å². The van der Waals surface area contributed by atoms with Crippen LogP contribution >= 0.6 is 0 Å². The Morgan fingerprint density at radius 1 is 1.28 bits per heavy atom. The first-order valence-electron chi connectivity index (χ1n) is 6.81. The lowest BCUT2D eigenvalue weighted by atomic mass is 10.1. The molecule has 0 bridgehead atoms. The molecule has 1 aliphatic rings. The Morgan fingerprint density at radius 3 is 2.78 bits per heavy atom. The number of aromatic nitrogens is 2. The van der Waals surface area contributed by atoms with Crippen molar-refractivity contribution in [3.8, 4) is 0 Å². The van der Waals surface area contributed by atoms with Gasteiger partial charge in [0.1, 0.15) is 0 Å². The molecule has 0 radical (unpaired) electrons. The van der Waals surface area contributed by atoms with Crippen molar-refractivity contribution in [3.63, 3.8) is 0 Å². The number of nitrogens with zero attached hydrogens (tertiary/aromatic N) is 2. The summed E-state index contributed by atoms with van der Waals surface area (Å²) in [6, 6.07) is 8.64. The molecule has 1 heterocycles. The second kappa shape index (κ2) is 5.02. The highest BCUT2D eigenvalue weighted by molar-refractivity contribution is 5.73. The van der Waals surface area contributed by atoms with E-state index in [9.17, 15) is 0 Å². The largest absolute Gasteiger partial charge is 0.314 e.